The first-order valence-electron chi connectivity index (χ1n) is 5.23. The number of hydrogen-bond donors (Lipinski definition) is 0. The van der Waals surface area contributed by atoms with Crippen LogP contribution in [0.25, 0.3) is 0 Å². The summed E-state index contributed by atoms with van der Waals surface area (Å²) in [4.78, 5) is 15.1. The van der Waals surface area contributed by atoms with Crippen LogP contribution >= 0.6 is 0 Å². The molecule has 0 aliphatic carbocycles. The summed E-state index contributed by atoms with van der Waals surface area (Å²) in [6.07, 6.45) is 2.51. The molecule has 1 heterocycles. The van der Waals surface area contributed by atoms with E-state index in [0.717, 1.165) is 19.5 Å². The van der Waals surface area contributed by atoms with E-state index in [2.05, 4.69) is 11.5 Å². The lowest BCUT2D eigenvalue weighted by molar-refractivity contribution is -0.133. The molecule has 14 heavy (non-hydrogen) atoms. The number of amides is 1. The van der Waals surface area contributed by atoms with Crippen LogP contribution in [0.3, 0.4) is 0 Å². The van der Waals surface area contributed by atoms with E-state index in [0.29, 0.717) is 6.04 Å². The minimum absolute atomic E-state index is 0.0631. The standard InChI is InChI=1S/C9H16N2O.C2H6/c1-4-9(12)11-6-5-8(11)7-10(2)3;1-2/h4,8H,1,5-7H2,2-3H3;1-2H3/t8-;/m1./s1. The first kappa shape index (κ1) is 13.2. The molecule has 1 aliphatic rings. The van der Waals surface area contributed by atoms with Crippen LogP contribution in [-0.4, -0.2) is 48.9 Å². The smallest absolute Gasteiger partial charge is 0.246 e. The number of carbonyl (C=O) groups excluding carboxylic acids is 1. The maximum absolute atomic E-state index is 11.2. The zero-order chi connectivity index (χ0) is 11.1. The number of nitrogens with zero attached hydrogens (tertiary/aromatic N) is 2. The van der Waals surface area contributed by atoms with Crippen molar-refractivity contribution in [2.75, 3.05) is 27.2 Å². The molecule has 1 aliphatic heterocycles. The van der Waals surface area contributed by atoms with Crippen LogP contribution in [0, 0.1) is 0 Å². The second kappa shape index (κ2) is 6.60. The zero-order valence-corrected chi connectivity index (χ0v) is 9.79. The lowest BCUT2D eigenvalue weighted by atomic mass is 10.0. The third kappa shape index (κ3) is 3.50. The van der Waals surface area contributed by atoms with Gasteiger partial charge in [0, 0.05) is 19.1 Å². The van der Waals surface area contributed by atoms with Crippen molar-refractivity contribution in [2.24, 2.45) is 0 Å². The Kier molecular flexibility index (Phi) is 6.21. The molecule has 1 saturated heterocycles. The van der Waals surface area contributed by atoms with Gasteiger partial charge in [0.2, 0.25) is 5.91 Å². The van der Waals surface area contributed by atoms with Gasteiger partial charge in [-0.2, -0.15) is 0 Å². The molecule has 1 atom stereocenters. The van der Waals surface area contributed by atoms with Gasteiger partial charge in [-0.15, -0.1) is 0 Å². The maximum atomic E-state index is 11.2. The Morgan fingerprint density at radius 1 is 1.57 bits per heavy atom. The molecule has 0 aromatic rings. The molecule has 0 N–H and O–H groups in total. The van der Waals surface area contributed by atoms with Crippen LogP contribution in [0.5, 0.6) is 0 Å². The Bertz CT molecular complexity index is 190. The molecule has 0 unspecified atom stereocenters. The average molecular weight is 198 g/mol. The molecule has 3 heteroatoms. The second-order valence-electron chi connectivity index (χ2n) is 3.44. The van der Waals surface area contributed by atoms with Gasteiger partial charge in [-0.1, -0.05) is 20.4 Å². The van der Waals surface area contributed by atoms with E-state index in [-0.39, 0.29) is 5.91 Å². The van der Waals surface area contributed by atoms with E-state index in [1.54, 1.807) is 0 Å². The number of hydrogen-bond acceptors (Lipinski definition) is 2. The fraction of sp³-hybridized carbons (Fsp3) is 0.727. The Morgan fingerprint density at radius 2 is 2.14 bits per heavy atom. The summed E-state index contributed by atoms with van der Waals surface area (Å²) in [5.41, 5.74) is 0. The summed E-state index contributed by atoms with van der Waals surface area (Å²) in [5.74, 6) is 0.0631. The molecule has 82 valence electrons. The fourth-order valence-electron chi connectivity index (χ4n) is 1.46. The van der Waals surface area contributed by atoms with Crippen LogP contribution < -0.4 is 0 Å². The molecule has 0 aromatic heterocycles. The predicted molar refractivity (Wildman–Crippen MR) is 60.2 cm³/mol. The summed E-state index contributed by atoms with van der Waals surface area (Å²) in [5, 5.41) is 0. The third-order valence-electron chi connectivity index (χ3n) is 2.18. The fourth-order valence-corrected chi connectivity index (χ4v) is 1.46. The van der Waals surface area contributed by atoms with E-state index in [1.807, 2.05) is 32.8 Å². The van der Waals surface area contributed by atoms with Crippen molar-refractivity contribution >= 4 is 5.91 Å². The lowest BCUT2D eigenvalue weighted by Crippen LogP contribution is -2.54. The van der Waals surface area contributed by atoms with Gasteiger partial charge < -0.3 is 9.80 Å². The Morgan fingerprint density at radius 3 is 2.43 bits per heavy atom. The molecule has 0 saturated carbocycles. The van der Waals surface area contributed by atoms with Crippen molar-refractivity contribution < 1.29 is 4.79 Å². The second-order valence-corrected chi connectivity index (χ2v) is 3.44. The molecule has 0 aromatic carbocycles. The molecule has 0 radical (unpaired) electrons. The largest absolute Gasteiger partial charge is 0.335 e. The van der Waals surface area contributed by atoms with E-state index < -0.39 is 0 Å². The summed E-state index contributed by atoms with van der Waals surface area (Å²) in [6, 6.07) is 0.408. The molecule has 0 bridgehead atoms. The molecule has 1 amide bonds. The van der Waals surface area contributed by atoms with Gasteiger partial charge in [0.25, 0.3) is 0 Å². The summed E-state index contributed by atoms with van der Waals surface area (Å²) in [6.45, 7) is 9.32. The van der Waals surface area contributed by atoms with Crippen molar-refractivity contribution in [1.29, 1.82) is 0 Å². The minimum atomic E-state index is 0.0631. The highest BCUT2D eigenvalue weighted by atomic mass is 16.2. The van der Waals surface area contributed by atoms with Gasteiger partial charge in [-0.25, -0.2) is 0 Å². The van der Waals surface area contributed by atoms with Crippen LogP contribution in [0.15, 0.2) is 12.7 Å². The van der Waals surface area contributed by atoms with E-state index in [4.69, 9.17) is 0 Å². The van der Waals surface area contributed by atoms with E-state index in [1.165, 1.54) is 6.08 Å². The first-order chi connectivity index (χ1) is 6.65. The molecular weight excluding hydrogens is 176 g/mol. The van der Waals surface area contributed by atoms with Gasteiger partial charge in [0.15, 0.2) is 0 Å². The van der Waals surface area contributed by atoms with Crippen LogP contribution in [-0.2, 0) is 4.79 Å². The molecule has 1 fully saturated rings. The van der Waals surface area contributed by atoms with Gasteiger partial charge >= 0.3 is 0 Å². The summed E-state index contributed by atoms with van der Waals surface area (Å²) < 4.78 is 0. The van der Waals surface area contributed by atoms with Gasteiger partial charge in [-0.3, -0.25) is 4.79 Å². The van der Waals surface area contributed by atoms with Gasteiger partial charge in [0.05, 0.1) is 0 Å². The highest BCUT2D eigenvalue weighted by molar-refractivity contribution is 5.87. The predicted octanol–water partition coefficient (Wildman–Crippen LogP) is 1.36. The molecule has 0 spiro atoms. The quantitative estimate of drug-likeness (QED) is 0.639. The van der Waals surface area contributed by atoms with Crippen molar-refractivity contribution in [3.05, 3.63) is 12.7 Å². The molecular formula is C11H22N2O. The number of carbonyl (C=O) groups is 1. The van der Waals surface area contributed by atoms with Crippen LogP contribution in [0.4, 0.5) is 0 Å². The van der Waals surface area contributed by atoms with Crippen molar-refractivity contribution in [3.63, 3.8) is 0 Å². The normalized spacial score (nSPS) is 19.5. The highest BCUT2D eigenvalue weighted by Gasteiger charge is 2.30. The topological polar surface area (TPSA) is 23.6 Å². The third-order valence-corrected chi connectivity index (χ3v) is 2.18. The van der Waals surface area contributed by atoms with Crippen molar-refractivity contribution in [1.82, 2.24) is 9.80 Å². The zero-order valence-electron chi connectivity index (χ0n) is 9.79. The average Bonchev–Trinajstić information content (AvgIpc) is 2.15. The summed E-state index contributed by atoms with van der Waals surface area (Å²) >= 11 is 0. The minimum Gasteiger partial charge on any atom is -0.335 e. The Hall–Kier alpha value is -0.830. The van der Waals surface area contributed by atoms with Gasteiger partial charge in [-0.05, 0) is 26.6 Å². The van der Waals surface area contributed by atoms with Crippen LogP contribution in [0.1, 0.15) is 20.3 Å². The Balaban J connectivity index is 0.000000791. The van der Waals surface area contributed by atoms with Crippen LogP contribution in [0.2, 0.25) is 0 Å². The van der Waals surface area contributed by atoms with Crippen molar-refractivity contribution in [3.8, 4) is 0 Å². The lowest BCUT2D eigenvalue weighted by Gasteiger charge is -2.41. The number of likely N-dealkylation sites (N-methyl/N-ethyl adjacent to an activating group) is 1. The highest BCUT2D eigenvalue weighted by Crippen LogP contribution is 2.17. The maximum Gasteiger partial charge on any atom is 0.246 e. The number of likely N-dealkylation sites (tertiary alicyclic amines) is 1. The van der Waals surface area contributed by atoms with E-state index >= 15 is 0 Å². The molecule has 3 nitrogen and oxygen atoms in total. The van der Waals surface area contributed by atoms with Crippen molar-refractivity contribution in [2.45, 2.75) is 26.3 Å². The monoisotopic (exact) mass is 198 g/mol. The van der Waals surface area contributed by atoms with Gasteiger partial charge in [0.1, 0.15) is 0 Å². The molecule has 1 rings (SSSR count). The number of rotatable bonds is 3. The SMILES string of the molecule is C=CC(=O)N1CC[C@@H]1CN(C)C.CC. The first-order valence-corrected chi connectivity index (χ1v) is 5.23. The van der Waals surface area contributed by atoms with E-state index in [9.17, 15) is 4.79 Å². The summed E-state index contributed by atoms with van der Waals surface area (Å²) in [7, 11) is 4.05. The Labute approximate surface area is 87.4 Å².